The molecular weight excluding hydrogens is 625 g/mol. The molecule has 3 aliphatic rings. The second-order valence-electron chi connectivity index (χ2n) is 12.8. The first-order valence-corrected chi connectivity index (χ1v) is 17.5. The van der Waals surface area contributed by atoms with Gasteiger partial charge in [0.1, 0.15) is 17.9 Å². The van der Waals surface area contributed by atoms with Crippen molar-refractivity contribution in [3.8, 4) is 11.5 Å². The van der Waals surface area contributed by atoms with Crippen molar-refractivity contribution in [2.24, 2.45) is 5.41 Å². The Labute approximate surface area is 268 Å². The summed E-state index contributed by atoms with van der Waals surface area (Å²) in [6.07, 6.45) is 3.82. The van der Waals surface area contributed by atoms with Crippen LogP contribution in [0, 0.1) is 11.2 Å². The van der Waals surface area contributed by atoms with Crippen LogP contribution in [0.15, 0.2) is 30.7 Å². The Kier molecular flexibility index (Phi) is 10.7. The van der Waals surface area contributed by atoms with Gasteiger partial charge in [0.15, 0.2) is 11.6 Å². The highest BCUT2D eigenvalue weighted by atomic mass is 32.2. The largest absolute Gasteiger partial charge is 0.451 e. The third-order valence-corrected chi connectivity index (χ3v) is 10.5. The van der Waals surface area contributed by atoms with E-state index in [0.717, 1.165) is 75.4 Å². The van der Waals surface area contributed by atoms with Gasteiger partial charge in [0.25, 0.3) is 12.3 Å². The highest BCUT2D eigenvalue weighted by Crippen LogP contribution is 2.45. The molecule has 1 aromatic heterocycles. The molecule has 0 bridgehead atoms. The van der Waals surface area contributed by atoms with Gasteiger partial charge in [0.05, 0.1) is 36.8 Å². The second kappa shape index (κ2) is 14.4. The normalized spacial score (nSPS) is 21.9. The van der Waals surface area contributed by atoms with E-state index in [1.165, 1.54) is 18.6 Å². The van der Waals surface area contributed by atoms with E-state index < -0.39 is 40.8 Å². The number of nitrogens with one attached hydrogen (secondary N) is 1. The molecule has 0 saturated carbocycles. The molecule has 2 aromatic rings. The van der Waals surface area contributed by atoms with Crippen molar-refractivity contribution in [3.63, 3.8) is 0 Å². The molecular formula is C31H43F3N6O5S. The molecule has 11 nitrogen and oxygen atoms in total. The lowest BCUT2D eigenvalue weighted by Crippen LogP contribution is -2.61. The summed E-state index contributed by atoms with van der Waals surface area (Å²) < 4.78 is 79.2. The average Bonchev–Trinajstić information content (AvgIpc) is 3.01. The molecule has 1 amide bonds. The number of piperidine rings is 1. The number of rotatable bonds is 12. The SMILES string of the molecule is CCS(=O)(=O)N[C@@H]1CC[C@@H](CN2CCC3(CC2)CN(c2ncncc2Oc2ccc(F)cc2C(=O)N(CC(F)F)C(C)C)C3)OC1. The number of aromatic nitrogens is 2. The third kappa shape index (κ3) is 8.28. The predicted octanol–water partition coefficient (Wildman–Crippen LogP) is 3.91. The van der Waals surface area contributed by atoms with Gasteiger partial charge in [-0.1, -0.05) is 0 Å². The van der Waals surface area contributed by atoms with Crippen molar-refractivity contribution in [3.05, 3.63) is 42.1 Å². The molecule has 1 aromatic carbocycles. The van der Waals surface area contributed by atoms with Crippen LogP contribution < -0.4 is 14.4 Å². The lowest BCUT2D eigenvalue weighted by Gasteiger charge is -2.54. The Morgan fingerprint density at radius 1 is 1.20 bits per heavy atom. The smallest absolute Gasteiger partial charge is 0.258 e. The Morgan fingerprint density at radius 3 is 2.57 bits per heavy atom. The summed E-state index contributed by atoms with van der Waals surface area (Å²) in [6, 6.07) is 2.76. The van der Waals surface area contributed by atoms with Gasteiger partial charge in [-0.15, -0.1) is 0 Å². The van der Waals surface area contributed by atoms with E-state index in [0.29, 0.717) is 12.4 Å². The zero-order valence-corrected chi connectivity index (χ0v) is 27.3. The monoisotopic (exact) mass is 668 g/mol. The summed E-state index contributed by atoms with van der Waals surface area (Å²) >= 11 is 0. The van der Waals surface area contributed by atoms with Crippen LogP contribution in [0.5, 0.6) is 11.5 Å². The van der Waals surface area contributed by atoms with E-state index in [2.05, 4.69) is 24.5 Å². The summed E-state index contributed by atoms with van der Waals surface area (Å²) in [5, 5.41) is 0. The van der Waals surface area contributed by atoms with Gasteiger partial charge in [-0.05, 0) is 77.7 Å². The Hall–Kier alpha value is -3.01. The summed E-state index contributed by atoms with van der Waals surface area (Å²) in [6.45, 7) is 8.67. The molecule has 3 aliphatic heterocycles. The van der Waals surface area contributed by atoms with Crippen molar-refractivity contribution >= 4 is 21.7 Å². The standard InChI is InChI=1S/C31H43F3N6O5S/c1-4-46(42,43)37-23-6-7-24(44-17-23)15-38-11-9-31(10-12-38)18-39(19-31)29-27(14-35-20-36-29)45-26-8-5-22(32)13-25(26)30(41)40(21(2)3)16-28(33)34/h5,8,13-14,20-21,23-24,28,37H,4,6-7,9-12,15-19H2,1-3H3/t23-,24+/m1/s1. The number of hydrogen-bond acceptors (Lipinski definition) is 9. The van der Waals surface area contributed by atoms with Crippen LogP contribution in [-0.4, -0.2) is 110 Å². The van der Waals surface area contributed by atoms with Gasteiger partial charge in [0.2, 0.25) is 10.0 Å². The lowest BCUT2D eigenvalue weighted by molar-refractivity contribution is -0.0299. The quantitative estimate of drug-likeness (QED) is 0.359. The number of ether oxygens (including phenoxy) is 2. The van der Waals surface area contributed by atoms with Crippen LogP contribution in [0.1, 0.15) is 56.8 Å². The van der Waals surface area contributed by atoms with Crippen molar-refractivity contribution in [1.29, 1.82) is 0 Å². The van der Waals surface area contributed by atoms with E-state index in [1.54, 1.807) is 20.8 Å². The van der Waals surface area contributed by atoms with Gasteiger partial charge in [-0.25, -0.2) is 36.3 Å². The maximum atomic E-state index is 14.2. The maximum absolute atomic E-state index is 14.2. The van der Waals surface area contributed by atoms with E-state index >= 15 is 0 Å². The number of amides is 1. The Balaban J connectivity index is 1.17. The minimum Gasteiger partial charge on any atom is -0.451 e. The van der Waals surface area contributed by atoms with Crippen molar-refractivity contribution < 1.29 is 35.9 Å². The van der Waals surface area contributed by atoms with Crippen LogP contribution in [0.2, 0.25) is 0 Å². The molecule has 46 heavy (non-hydrogen) atoms. The van der Waals surface area contributed by atoms with Crippen LogP contribution in [0.4, 0.5) is 19.0 Å². The number of hydrogen-bond donors (Lipinski definition) is 1. The van der Waals surface area contributed by atoms with E-state index in [4.69, 9.17) is 9.47 Å². The number of anilines is 1. The van der Waals surface area contributed by atoms with Crippen LogP contribution in [0.3, 0.4) is 0 Å². The first kappa shape index (κ1) is 34.3. The molecule has 0 aliphatic carbocycles. The van der Waals surface area contributed by atoms with Gasteiger partial charge >= 0.3 is 0 Å². The lowest BCUT2D eigenvalue weighted by atomic mass is 9.72. The highest BCUT2D eigenvalue weighted by molar-refractivity contribution is 7.89. The number of nitrogens with zero attached hydrogens (tertiary/aromatic N) is 5. The van der Waals surface area contributed by atoms with Crippen LogP contribution >= 0.6 is 0 Å². The summed E-state index contributed by atoms with van der Waals surface area (Å²) in [5.41, 5.74) is -0.0315. The molecule has 0 radical (unpaired) electrons. The minimum atomic E-state index is -3.25. The topological polar surface area (TPSA) is 117 Å². The Morgan fingerprint density at radius 2 is 1.93 bits per heavy atom. The number of carbonyl (C=O) groups is 1. The number of likely N-dealkylation sites (tertiary alicyclic amines) is 1. The van der Waals surface area contributed by atoms with E-state index in [9.17, 15) is 26.4 Å². The molecule has 1 spiro atoms. The molecule has 1 N–H and O–H groups in total. The molecule has 0 unspecified atom stereocenters. The van der Waals surface area contributed by atoms with Crippen LogP contribution in [0.25, 0.3) is 0 Å². The number of halogens is 3. The average molecular weight is 669 g/mol. The molecule has 3 saturated heterocycles. The fraction of sp³-hybridized carbons (Fsp3) is 0.645. The number of alkyl halides is 2. The molecule has 15 heteroatoms. The second-order valence-corrected chi connectivity index (χ2v) is 14.8. The number of carbonyl (C=O) groups excluding carboxylic acids is 1. The summed E-state index contributed by atoms with van der Waals surface area (Å²) in [4.78, 5) is 27.3. The molecule has 4 heterocycles. The van der Waals surface area contributed by atoms with E-state index in [-0.39, 0.29) is 40.4 Å². The highest BCUT2D eigenvalue weighted by Gasteiger charge is 2.46. The predicted molar refractivity (Wildman–Crippen MR) is 166 cm³/mol. The van der Waals surface area contributed by atoms with Crippen molar-refractivity contribution in [2.45, 2.75) is 71.1 Å². The zero-order valence-electron chi connectivity index (χ0n) is 26.5. The zero-order chi connectivity index (χ0) is 33.1. The minimum absolute atomic E-state index is 0.0323. The van der Waals surface area contributed by atoms with Gasteiger partial charge in [-0.2, -0.15) is 0 Å². The number of sulfonamides is 1. The van der Waals surface area contributed by atoms with E-state index in [1.807, 2.05) is 0 Å². The van der Waals surface area contributed by atoms with Crippen LogP contribution in [-0.2, 0) is 14.8 Å². The van der Waals surface area contributed by atoms with Gasteiger partial charge in [0, 0.05) is 37.1 Å². The van der Waals surface area contributed by atoms with Crippen molar-refractivity contribution in [1.82, 2.24) is 24.5 Å². The Bertz CT molecular complexity index is 1460. The number of benzene rings is 1. The fourth-order valence-corrected chi connectivity index (χ4v) is 7.30. The van der Waals surface area contributed by atoms with Crippen molar-refractivity contribution in [2.75, 3.05) is 56.5 Å². The van der Waals surface area contributed by atoms with Gasteiger partial charge < -0.3 is 24.2 Å². The first-order valence-electron chi connectivity index (χ1n) is 15.8. The molecule has 254 valence electrons. The summed E-state index contributed by atoms with van der Waals surface area (Å²) in [5.74, 6) is -0.514. The first-order chi connectivity index (χ1) is 21.9. The third-order valence-electron chi connectivity index (χ3n) is 9.10. The molecule has 3 fully saturated rings. The van der Waals surface area contributed by atoms with Gasteiger partial charge in [-0.3, -0.25) is 4.79 Å². The molecule has 2 atom stereocenters. The fourth-order valence-electron chi connectivity index (χ4n) is 6.44. The molecule has 5 rings (SSSR count). The maximum Gasteiger partial charge on any atom is 0.258 e. The summed E-state index contributed by atoms with van der Waals surface area (Å²) in [7, 11) is -3.25.